The summed E-state index contributed by atoms with van der Waals surface area (Å²) >= 11 is 0. The molecule has 0 bridgehead atoms. The van der Waals surface area contributed by atoms with E-state index in [9.17, 15) is 9.59 Å². The maximum absolute atomic E-state index is 13.4. The van der Waals surface area contributed by atoms with E-state index in [1.54, 1.807) is 31.5 Å². The van der Waals surface area contributed by atoms with E-state index in [2.05, 4.69) is 19.9 Å². The molecule has 9 nitrogen and oxygen atoms in total. The van der Waals surface area contributed by atoms with Crippen molar-refractivity contribution >= 4 is 23.3 Å². The summed E-state index contributed by atoms with van der Waals surface area (Å²) in [6.07, 6.45) is 6.38. The van der Waals surface area contributed by atoms with Crippen LogP contribution in [0.3, 0.4) is 0 Å². The van der Waals surface area contributed by atoms with Crippen LogP contribution in [-0.4, -0.2) is 64.0 Å². The number of benzene rings is 1. The third-order valence-corrected chi connectivity index (χ3v) is 5.83. The summed E-state index contributed by atoms with van der Waals surface area (Å²) in [4.78, 5) is 46.2. The molecule has 9 heteroatoms. The van der Waals surface area contributed by atoms with Gasteiger partial charge in [-0.1, -0.05) is 12.1 Å². The number of fused-ring (bicyclic) bond motifs is 1. The normalized spacial score (nSPS) is 14.3. The van der Waals surface area contributed by atoms with Gasteiger partial charge in [0.05, 0.1) is 30.1 Å². The number of methoxy groups -OCH3 is 1. The number of ether oxygens (including phenoxy) is 1. The molecule has 33 heavy (non-hydrogen) atoms. The van der Waals surface area contributed by atoms with Crippen LogP contribution in [0.4, 0.5) is 11.5 Å². The molecule has 1 aliphatic heterocycles. The maximum atomic E-state index is 13.4. The van der Waals surface area contributed by atoms with Gasteiger partial charge in [0.25, 0.3) is 5.91 Å². The second-order valence-electron chi connectivity index (χ2n) is 8.50. The monoisotopic (exact) mass is 446 g/mol. The van der Waals surface area contributed by atoms with Crippen molar-refractivity contribution in [2.75, 3.05) is 32.2 Å². The molecule has 4 rings (SSSR count). The number of anilines is 2. The molecule has 0 fully saturated rings. The Kier molecular flexibility index (Phi) is 5.90. The molecule has 2 amide bonds. The smallest absolute Gasteiger partial charge is 0.273 e. The zero-order chi connectivity index (χ0) is 23.8. The molecule has 0 unspecified atom stereocenters. The molecule has 2 aromatic heterocycles. The first-order chi connectivity index (χ1) is 15.7. The molecule has 3 heterocycles. The van der Waals surface area contributed by atoms with Crippen molar-refractivity contribution in [2.24, 2.45) is 0 Å². The Morgan fingerprint density at radius 3 is 2.42 bits per heavy atom. The van der Waals surface area contributed by atoms with Crippen LogP contribution < -0.4 is 4.90 Å². The molecule has 0 atom stereocenters. The summed E-state index contributed by atoms with van der Waals surface area (Å²) < 4.78 is 5.02. The van der Waals surface area contributed by atoms with Crippen molar-refractivity contribution in [3.63, 3.8) is 0 Å². The molecule has 1 aliphatic rings. The van der Waals surface area contributed by atoms with Gasteiger partial charge < -0.3 is 9.64 Å². The van der Waals surface area contributed by atoms with E-state index in [1.807, 2.05) is 39.0 Å². The first kappa shape index (κ1) is 22.5. The standard InChI is InChI=1S/C24H26N6O3/c1-15-25-11-17(12-26-15)16-6-7-18-20(10-16)30(23(32)24(18,2)3)21-14-27-19(13-28-21)22(31)29(4)8-9-33-5/h6-7,10-14H,8-9H2,1-5H3. The molecule has 0 saturated carbocycles. The van der Waals surface area contributed by atoms with Crippen LogP contribution in [-0.2, 0) is 14.9 Å². The van der Waals surface area contributed by atoms with Gasteiger partial charge in [-0.15, -0.1) is 0 Å². The molecule has 0 N–H and O–H groups in total. The number of aryl methyl sites for hydroxylation is 1. The molecule has 3 aromatic rings. The van der Waals surface area contributed by atoms with Gasteiger partial charge in [0, 0.05) is 38.7 Å². The molecule has 0 spiro atoms. The Hall–Kier alpha value is -3.72. The predicted octanol–water partition coefficient (Wildman–Crippen LogP) is 2.92. The highest BCUT2D eigenvalue weighted by atomic mass is 16.5. The molecule has 0 saturated heterocycles. The highest BCUT2D eigenvalue weighted by Crippen LogP contribution is 2.46. The molecular formula is C24H26N6O3. The van der Waals surface area contributed by atoms with Crippen molar-refractivity contribution < 1.29 is 14.3 Å². The van der Waals surface area contributed by atoms with Crippen molar-refractivity contribution in [1.29, 1.82) is 0 Å². The maximum Gasteiger partial charge on any atom is 0.273 e. The average Bonchev–Trinajstić information content (AvgIpc) is 3.02. The van der Waals surface area contributed by atoms with E-state index in [-0.39, 0.29) is 17.5 Å². The lowest BCUT2D eigenvalue weighted by Crippen LogP contribution is -2.34. The molecule has 0 radical (unpaired) electrons. The van der Waals surface area contributed by atoms with Gasteiger partial charge in [-0.3, -0.25) is 14.5 Å². The Balaban J connectivity index is 1.69. The SMILES string of the molecule is COCCN(C)C(=O)c1cnc(N2C(=O)C(C)(C)c3ccc(-c4cnc(C)nc4)cc32)cn1. The molecule has 1 aromatic carbocycles. The zero-order valence-corrected chi connectivity index (χ0v) is 19.4. The van der Waals surface area contributed by atoms with E-state index < -0.39 is 5.41 Å². The van der Waals surface area contributed by atoms with Crippen molar-refractivity contribution in [2.45, 2.75) is 26.2 Å². The summed E-state index contributed by atoms with van der Waals surface area (Å²) in [6, 6.07) is 5.86. The Labute approximate surface area is 192 Å². The summed E-state index contributed by atoms with van der Waals surface area (Å²) in [5, 5.41) is 0. The Morgan fingerprint density at radius 1 is 1.06 bits per heavy atom. The fraction of sp³-hybridized carbons (Fsp3) is 0.333. The number of carbonyl (C=O) groups excluding carboxylic acids is 2. The predicted molar refractivity (Wildman–Crippen MR) is 123 cm³/mol. The third kappa shape index (κ3) is 4.07. The van der Waals surface area contributed by atoms with Crippen LogP contribution in [0.5, 0.6) is 0 Å². The van der Waals surface area contributed by atoms with Crippen molar-refractivity contribution in [3.05, 3.63) is 60.1 Å². The number of nitrogens with zero attached hydrogens (tertiary/aromatic N) is 6. The first-order valence-electron chi connectivity index (χ1n) is 10.6. The number of rotatable bonds is 6. The minimum atomic E-state index is -0.728. The highest BCUT2D eigenvalue weighted by molar-refractivity contribution is 6.12. The van der Waals surface area contributed by atoms with Crippen LogP contribution in [0, 0.1) is 6.92 Å². The largest absolute Gasteiger partial charge is 0.383 e. The second-order valence-corrected chi connectivity index (χ2v) is 8.50. The van der Waals surface area contributed by atoms with Gasteiger partial charge in [0.15, 0.2) is 5.82 Å². The number of hydrogen-bond acceptors (Lipinski definition) is 7. The number of hydrogen-bond donors (Lipinski definition) is 0. The molecule has 170 valence electrons. The van der Waals surface area contributed by atoms with Crippen LogP contribution in [0.2, 0.25) is 0 Å². The second kappa shape index (κ2) is 8.67. The van der Waals surface area contributed by atoms with Crippen LogP contribution in [0.1, 0.15) is 35.7 Å². The van der Waals surface area contributed by atoms with Gasteiger partial charge in [-0.25, -0.2) is 19.9 Å². The lowest BCUT2D eigenvalue weighted by atomic mass is 9.85. The van der Waals surface area contributed by atoms with E-state index in [0.717, 1.165) is 22.4 Å². The highest BCUT2D eigenvalue weighted by Gasteiger charge is 2.45. The van der Waals surface area contributed by atoms with Crippen molar-refractivity contribution in [1.82, 2.24) is 24.8 Å². The quantitative estimate of drug-likeness (QED) is 0.574. The fourth-order valence-corrected chi connectivity index (χ4v) is 3.77. The van der Waals surface area contributed by atoms with Gasteiger partial charge in [0.1, 0.15) is 11.5 Å². The van der Waals surface area contributed by atoms with Gasteiger partial charge >= 0.3 is 0 Å². The number of amides is 2. The summed E-state index contributed by atoms with van der Waals surface area (Å²) in [7, 11) is 3.26. The molecule has 0 aliphatic carbocycles. The third-order valence-electron chi connectivity index (χ3n) is 5.83. The van der Waals surface area contributed by atoms with E-state index >= 15 is 0 Å². The fourth-order valence-electron chi connectivity index (χ4n) is 3.77. The van der Waals surface area contributed by atoms with E-state index in [1.165, 1.54) is 17.3 Å². The van der Waals surface area contributed by atoms with E-state index in [0.29, 0.717) is 24.8 Å². The van der Waals surface area contributed by atoms with Gasteiger partial charge in [-0.05, 0) is 38.0 Å². The Bertz CT molecular complexity index is 1190. The van der Waals surface area contributed by atoms with Gasteiger partial charge in [0.2, 0.25) is 5.91 Å². The van der Waals surface area contributed by atoms with Crippen LogP contribution >= 0.6 is 0 Å². The summed E-state index contributed by atoms with van der Waals surface area (Å²) in [5.41, 5.74) is 2.84. The lowest BCUT2D eigenvalue weighted by molar-refractivity contribution is -0.121. The topological polar surface area (TPSA) is 101 Å². The zero-order valence-electron chi connectivity index (χ0n) is 19.4. The first-order valence-corrected chi connectivity index (χ1v) is 10.6. The number of likely N-dealkylation sites (N-methyl/N-ethyl adjacent to an activating group) is 1. The minimum absolute atomic E-state index is 0.111. The minimum Gasteiger partial charge on any atom is -0.383 e. The molecular weight excluding hydrogens is 420 g/mol. The summed E-state index contributed by atoms with van der Waals surface area (Å²) in [6.45, 7) is 6.47. The van der Waals surface area contributed by atoms with E-state index in [4.69, 9.17) is 4.74 Å². The van der Waals surface area contributed by atoms with Crippen LogP contribution in [0.15, 0.2) is 43.0 Å². The lowest BCUT2D eigenvalue weighted by Gasteiger charge is -2.20. The summed E-state index contributed by atoms with van der Waals surface area (Å²) in [5.74, 6) is 0.678. The van der Waals surface area contributed by atoms with Gasteiger partial charge in [-0.2, -0.15) is 0 Å². The number of carbonyl (C=O) groups is 2. The van der Waals surface area contributed by atoms with Crippen molar-refractivity contribution in [3.8, 4) is 11.1 Å². The Morgan fingerprint density at radius 2 is 1.79 bits per heavy atom. The number of aromatic nitrogens is 4. The average molecular weight is 447 g/mol. The van der Waals surface area contributed by atoms with Crippen LogP contribution in [0.25, 0.3) is 11.1 Å².